The first-order valence-electron chi connectivity index (χ1n) is 5.54. The van der Waals surface area contributed by atoms with Gasteiger partial charge in [-0.2, -0.15) is 5.26 Å². The Morgan fingerprint density at radius 2 is 2.22 bits per heavy atom. The summed E-state index contributed by atoms with van der Waals surface area (Å²) < 4.78 is 25.9. The first-order chi connectivity index (χ1) is 8.46. The van der Waals surface area contributed by atoms with Crippen LogP contribution in [0.2, 0.25) is 0 Å². The fourth-order valence-corrected chi connectivity index (χ4v) is 2.59. The van der Waals surface area contributed by atoms with E-state index in [-0.39, 0.29) is 24.8 Å². The van der Waals surface area contributed by atoms with E-state index in [1.807, 2.05) is 6.07 Å². The smallest absolute Gasteiger partial charge is 0.215 e. The van der Waals surface area contributed by atoms with E-state index in [4.69, 9.17) is 10.4 Å². The molecular weight excluding hydrogens is 252 g/mol. The number of nitrogens with one attached hydrogen (secondary N) is 1. The number of sulfonamides is 1. The molecule has 5 nitrogen and oxygen atoms in total. The van der Waals surface area contributed by atoms with Gasteiger partial charge in [0.1, 0.15) is 0 Å². The molecule has 0 radical (unpaired) electrons. The topological polar surface area (TPSA) is 90.2 Å². The Labute approximate surface area is 107 Å². The van der Waals surface area contributed by atoms with Crippen molar-refractivity contribution in [1.29, 1.82) is 5.26 Å². The summed E-state index contributed by atoms with van der Waals surface area (Å²) >= 11 is 0. The van der Waals surface area contributed by atoms with Gasteiger partial charge in [-0.1, -0.05) is 19.1 Å². The Morgan fingerprint density at radius 1 is 1.50 bits per heavy atom. The molecule has 1 aromatic carbocycles. The third-order valence-corrected chi connectivity index (χ3v) is 3.70. The molecule has 2 N–H and O–H groups in total. The lowest BCUT2D eigenvalue weighted by atomic mass is 10.2. The third-order valence-electron chi connectivity index (χ3n) is 2.38. The second kappa shape index (κ2) is 6.50. The SMILES string of the molecule is CC(CO)CNS(=O)(=O)Cc1cccc(C#N)c1. The molecule has 0 aliphatic rings. The zero-order valence-electron chi connectivity index (χ0n) is 10.1. The average molecular weight is 268 g/mol. The number of aliphatic hydroxyl groups excluding tert-OH is 1. The Balaban J connectivity index is 2.68. The van der Waals surface area contributed by atoms with Gasteiger partial charge in [0.05, 0.1) is 17.4 Å². The maximum Gasteiger partial charge on any atom is 0.215 e. The van der Waals surface area contributed by atoms with Crippen LogP contribution in [-0.4, -0.2) is 26.7 Å². The highest BCUT2D eigenvalue weighted by Gasteiger charge is 2.13. The summed E-state index contributed by atoms with van der Waals surface area (Å²) in [6.45, 7) is 1.89. The molecule has 18 heavy (non-hydrogen) atoms. The van der Waals surface area contributed by atoms with Crippen LogP contribution in [0.3, 0.4) is 0 Å². The van der Waals surface area contributed by atoms with E-state index in [0.717, 1.165) is 0 Å². The van der Waals surface area contributed by atoms with E-state index in [9.17, 15) is 8.42 Å². The summed E-state index contributed by atoms with van der Waals surface area (Å²) in [7, 11) is -3.44. The van der Waals surface area contributed by atoms with Crippen LogP contribution in [0.25, 0.3) is 0 Å². The number of rotatable bonds is 6. The third kappa shape index (κ3) is 4.84. The normalized spacial score (nSPS) is 12.9. The van der Waals surface area contributed by atoms with E-state index < -0.39 is 10.0 Å². The lowest BCUT2D eigenvalue weighted by Gasteiger charge is -2.10. The Bertz CT molecular complexity index is 534. The van der Waals surface area contributed by atoms with Crippen LogP contribution < -0.4 is 4.72 Å². The fourth-order valence-electron chi connectivity index (χ4n) is 1.33. The monoisotopic (exact) mass is 268 g/mol. The van der Waals surface area contributed by atoms with Gasteiger partial charge in [0.25, 0.3) is 0 Å². The zero-order chi connectivity index (χ0) is 13.6. The van der Waals surface area contributed by atoms with Crippen LogP contribution in [0.15, 0.2) is 24.3 Å². The molecule has 0 aliphatic carbocycles. The summed E-state index contributed by atoms with van der Waals surface area (Å²) in [5.74, 6) is -0.286. The molecule has 0 fully saturated rings. The zero-order valence-corrected chi connectivity index (χ0v) is 10.9. The quantitative estimate of drug-likeness (QED) is 0.790. The number of aliphatic hydroxyl groups is 1. The summed E-state index contributed by atoms with van der Waals surface area (Å²) in [4.78, 5) is 0. The molecule has 0 aliphatic heterocycles. The first-order valence-corrected chi connectivity index (χ1v) is 7.19. The summed E-state index contributed by atoms with van der Waals surface area (Å²) in [5, 5.41) is 17.5. The van der Waals surface area contributed by atoms with Crippen LogP contribution >= 0.6 is 0 Å². The van der Waals surface area contributed by atoms with E-state index in [1.165, 1.54) is 0 Å². The van der Waals surface area contributed by atoms with Crippen molar-refractivity contribution in [2.75, 3.05) is 13.2 Å². The van der Waals surface area contributed by atoms with Crippen LogP contribution in [0.1, 0.15) is 18.1 Å². The Hall–Kier alpha value is -1.42. The number of hydrogen-bond acceptors (Lipinski definition) is 4. The van der Waals surface area contributed by atoms with E-state index in [1.54, 1.807) is 31.2 Å². The summed E-state index contributed by atoms with van der Waals surface area (Å²) in [6, 6.07) is 8.45. The highest BCUT2D eigenvalue weighted by atomic mass is 32.2. The lowest BCUT2D eigenvalue weighted by molar-refractivity contribution is 0.238. The van der Waals surface area contributed by atoms with Gasteiger partial charge in [0, 0.05) is 13.2 Å². The van der Waals surface area contributed by atoms with Gasteiger partial charge in [0.2, 0.25) is 10.0 Å². The van der Waals surface area contributed by atoms with Crippen molar-refractivity contribution >= 4 is 10.0 Å². The predicted molar refractivity (Wildman–Crippen MR) is 68.0 cm³/mol. The molecule has 6 heteroatoms. The van der Waals surface area contributed by atoms with E-state index in [2.05, 4.69) is 4.72 Å². The predicted octanol–water partition coefficient (Wildman–Crippen LogP) is 0.606. The maximum absolute atomic E-state index is 11.7. The molecule has 0 aromatic heterocycles. The standard InChI is InChI=1S/C12H16N2O3S/c1-10(8-15)7-14-18(16,17)9-12-4-2-3-11(5-12)6-13/h2-5,10,14-15H,7-9H2,1H3. The molecule has 0 saturated heterocycles. The van der Waals surface area contributed by atoms with E-state index in [0.29, 0.717) is 11.1 Å². The average Bonchev–Trinajstić information content (AvgIpc) is 2.35. The van der Waals surface area contributed by atoms with Gasteiger partial charge < -0.3 is 5.11 Å². The molecule has 0 amide bonds. The highest BCUT2D eigenvalue weighted by molar-refractivity contribution is 7.88. The molecule has 1 unspecified atom stereocenters. The van der Waals surface area contributed by atoms with Crippen molar-refractivity contribution in [2.45, 2.75) is 12.7 Å². The van der Waals surface area contributed by atoms with Gasteiger partial charge >= 0.3 is 0 Å². The molecule has 0 bridgehead atoms. The maximum atomic E-state index is 11.7. The number of benzene rings is 1. The molecule has 0 saturated carbocycles. The van der Waals surface area contributed by atoms with Gasteiger partial charge in [-0.3, -0.25) is 0 Å². The molecule has 1 atom stereocenters. The van der Waals surface area contributed by atoms with Crippen molar-refractivity contribution in [3.63, 3.8) is 0 Å². The van der Waals surface area contributed by atoms with Crippen molar-refractivity contribution in [2.24, 2.45) is 5.92 Å². The Kier molecular flexibility index (Phi) is 5.28. The van der Waals surface area contributed by atoms with Crippen LogP contribution in [-0.2, 0) is 15.8 Å². The van der Waals surface area contributed by atoms with Crippen molar-refractivity contribution < 1.29 is 13.5 Å². The van der Waals surface area contributed by atoms with Crippen molar-refractivity contribution in [3.8, 4) is 6.07 Å². The molecule has 0 spiro atoms. The second-order valence-electron chi connectivity index (χ2n) is 4.21. The van der Waals surface area contributed by atoms with Gasteiger partial charge in [-0.25, -0.2) is 13.1 Å². The molecule has 0 heterocycles. The van der Waals surface area contributed by atoms with Gasteiger partial charge in [-0.05, 0) is 23.6 Å². The van der Waals surface area contributed by atoms with Crippen LogP contribution in [0.4, 0.5) is 0 Å². The number of nitriles is 1. The molecule has 98 valence electrons. The fraction of sp³-hybridized carbons (Fsp3) is 0.417. The van der Waals surface area contributed by atoms with Crippen molar-refractivity contribution in [3.05, 3.63) is 35.4 Å². The summed E-state index contributed by atoms with van der Waals surface area (Å²) in [6.07, 6.45) is 0. The largest absolute Gasteiger partial charge is 0.396 e. The summed E-state index contributed by atoms with van der Waals surface area (Å²) in [5.41, 5.74) is 1.00. The minimum Gasteiger partial charge on any atom is -0.396 e. The van der Waals surface area contributed by atoms with Crippen LogP contribution in [0, 0.1) is 17.2 Å². The molecule has 1 rings (SSSR count). The lowest BCUT2D eigenvalue weighted by Crippen LogP contribution is -2.30. The van der Waals surface area contributed by atoms with Crippen LogP contribution in [0.5, 0.6) is 0 Å². The van der Waals surface area contributed by atoms with E-state index >= 15 is 0 Å². The van der Waals surface area contributed by atoms with Gasteiger partial charge in [-0.15, -0.1) is 0 Å². The molecular formula is C12H16N2O3S. The highest BCUT2D eigenvalue weighted by Crippen LogP contribution is 2.08. The van der Waals surface area contributed by atoms with Gasteiger partial charge in [0.15, 0.2) is 0 Å². The molecule has 1 aromatic rings. The first kappa shape index (κ1) is 14.6. The van der Waals surface area contributed by atoms with Crippen molar-refractivity contribution in [1.82, 2.24) is 4.72 Å². The minimum absolute atomic E-state index is 0.0631. The number of hydrogen-bond donors (Lipinski definition) is 2. The number of nitrogens with zero attached hydrogens (tertiary/aromatic N) is 1. The Morgan fingerprint density at radius 3 is 2.83 bits per heavy atom. The second-order valence-corrected chi connectivity index (χ2v) is 6.01. The minimum atomic E-state index is -3.44.